The molecule has 10 heavy (non-hydrogen) atoms. The summed E-state index contributed by atoms with van der Waals surface area (Å²) in [5.41, 5.74) is 5.13. The summed E-state index contributed by atoms with van der Waals surface area (Å²) in [6.07, 6.45) is 0. The standard InChI is InChI=1S/C5H8N2O2S/c6-1-2-10-3-4(7)5(8)9/h4H,2-3,7H2,(H,8,9)/t4-/m1/s1. The van der Waals surface area contributed by atoms with E-state index in [9.17, 15) is 4.79 Å². The Labute approximate surface area is 63.0 Å². The zero-order valence-corrected chi connectivity index (χ0v) is 6.10. The molecule has 4 nitrogen and oxygen atoms in total. The summed E-state index contributed by atoms with van der Waals surface area (Å²) in [6.45, 7) is 0. The number of hydrogen-bond donors (Lipinski definition) is 2. The fourth-order valence-electron chi connectivity index (χ4n) is 0.303. The van der Waals surface area contributed by atoms with Crippen molar-refractivity contribution in [1.29, 1.82) is 5.26 Å². The monoisotopic (exact) mass is 160 g/mol. The molecule has 0 aromatic carbocycles. The second-order valence-electron chi connectivity index (χ2n) is 1.62. The van der Waals surface area contributed by atoms with Gasteiger partial charge in [0.2, 0.25) is 0 Å². The van der Waals surface area contributed by atoms with E-state index in [0.29, 0.717) is 11.5 Å². The van der Waals surface area contributed by atoms with Crippen LogP contribution in [-0.4, -0.2) is 28.6 Å². The van der Waals surface area contributed by atoms with Crippen LogP contribution in [0.15, 0.2) is 0 Å². The van der Waals surface area contributed by atoms with Gasteiger partial charge in [-0.25, -0.2) is 0 Å². The number of hydrogen-bond acceptors (Lipinski definition) is 4. The van der Waals surface area contributed by atoms with Gasteiger partial charge in [0.25, 0.3) is 0 Å². The van der Waals surface area contributed by atoms with Gasteiger partial charge in [-0.15, -0.1) is 11.8 Å². The van der Waals surface area contributed by atoms with Crippen LogP contribution in [0.2, 0.25) is 0 Å². The van der Waals surface area contributed by atoms with E-state index < -0.39 is 12.0 Å². The molecule has 0 spiro atoms. The summed E-state index contributed by atoms with van der Waals surface area (Å²) >= 11 is 1.22. The third-order valence-electron chi connectivity index (χ3n) is 0.781. The zero-order chi connectivity index (χ0) is 7.98. The fraction of sp³-hybridized carbons (Fsp3) is 0.600. The van der Waals surface area contributed by atoms with Crippen molar-refractivity contribution in [3.05, 3.63) is 0 Å². The highest BCUT2D eigenvalue weighted by molar-refractivity contribution is 7.99. The van der Waals surface area contributed by atoms with Crippen LogP contribution in [0.1, 0.15) is 0 Å². The van der Waals surface area contributed by atoms with Crippen LogP contribution in [0.3, 0.4) is 0 Å². The maximum Gasteiger partial charge on any atom is 0.321 e. The highest BCUT2D eigenvalue weighted by atomic mass is 32.2. The van der Waals surface area contributed by atoms with E-state index in [2.05, 4.69) is 0 Å². The third kappa shape index (κ3) is 4.18. The van der Waals surface area contributed by atoms with Gasteiger partial charge in [-0.05, 0) is 0 Å². The van der Waals surface area contributed by atoms with Gasteiger partial charge in [-0.3, -0.25) is 4.79 Å². The van der Waals surface area contributed by atoms with E-state index in [-0.39, 0.29) is 0 Å². The van der Waals surface area contributed by atoms with Crippen LogP contribution < -0.4 is 5.73 Å². The average Bonchev–Trinajstić information content (AvgIpc) is 1.88. The molecule has 0 aliphatic carbocycles. The largest absolute Gasteiger partial charge is 0.480 e. The molecule has 5 heteroatoms. The Morgan fingerprint density at radius 3 is 2.90 bits per heavy atom. The molecule has 0 aromatic heterocycles. The Morgan fingerprint density at radius 1 is 1.90 bits per heavy atom. The number of aliphatic carboxylic acids is 1. The van der Waals surface area contributed by atoms with Crippen molar-refractivity contribution >= 4 is 17.7 Å². The summed E-state index contributed by atoms with van der Waals surface area (Å²) in [4.78, 5) is 10.1. The summed E-state index contributed by atoms with van der Waals surface area (Å²) in [5, 5.41) is 16.3. The first-order chi connectivity index (χ1) is 4.68. The van der Waals surface area contributed by atoms with Crippen molar-refractivity contribution in [3.8, 4) is 6.07 Å². The quantitative estimate of drug-likeness (QED) is 0.549. The molecular formula is C5H8N2O2S. The van der Waals surface area contributed by atoms with Crippen molar-refractivity contribution in [3.63, 3.8) is 0 Å². The van der Waals surface area contributed by atoms with Gasteiger partial charge in [0.05, 0.1) is 11.8 Å². The number of carbonyl (C=O) groups is 1. The molecular weight excluding hydrogens is 152 g/mol. The highest BCUT2D eigenvalue weighted by Gasteiger charge is 2.09. The molecule has 0 amide bonds. The lowest BCUT2D eigenvalue weighted by atomic mass is 10.4. The first-order valence-corrected chi connectivity index (χ1v) is 3.77. The van der Waals surface area contributed by atoms with Crippen molar-refractivity contribution in [2.24, 2.45) is 5.73 Å². The molecule has 0 unspecified atom stereocenters. The van der Waals surface area contributed by atoms with Crippen molar-refractivity contribution < 1.29 is 9.90 Å². The number of carboxylic acids is 1. The first-order valence-electron chi connectivity index (χ1n) is 2.61. The lowest BCUT2D eigenvalue weighted by Gasteiger charge is -2.01. The van der Waals surface area contributed by atoms with Gasteiger partial charge >= 0.3 is 5.97 Å². The SMILES string of the molecule is N#CCSC[C@@H](N)C(=O)O. The molecule has 0 radical (unpaired) electrons. The van der Waals surface area contributed by atoms with Crippen molar-refractivity contribution in [2.45, 2.75) is 6.04 Å². The van der Waals surface area contributed by atoms with Crippen molar-refractivity contribution in [2.75, 3.05) is 11.5 Å². The first kappa shape index (κ1) is 9.27. The second-order valence-corrected chi connectivity index (χ2v) is 2.65. The minimum atomic E-state index is -1.02. The minimum Gasteiger partial charge on any atom is -0.480 e. The average molecular weight is 160 g/mol. The van der Waals surface area contributed by atoms with Gasteiger partial charge in [0.15, 0.2) is 0 Å². The molecule has 0 rings (SSSR count). The molecule has 1 atom stereocenters. The molecule has 56 valence electrons. The van der Waals surface area contributed by atoms with Crippen LogP contribution in [0.5, 0.6) is 0 Å². The van der Waals surface area contributed by atoms with E-state index in [1.54, 1.807) is 0 Å². The molecule has 0 aromatic rings. The molecule has 0 saturated heterocycles. The predicted octanol–water partition coefficient (Wildman–Crippen LogP) is -0.345. The number of nitriles is 1. The predicted molar refractivity (Wildman–Crippen MR) is 38.5 cm³/mol. The van der Waals surface area contributed by atoms with E-state index in [1.807, 2.05) is 6.07 Å². The fourth-order valence-corrected chi connectivity index (χ4v) is 0.908. The number of carboxylic acid groups (broad SMARTS) is 1. The second kappa shape index (κ2) is 5.09. The number of nitrogens with zero attached hydrogens (tertiary/aromatic N) is 1. The van der Waals surface area contributed by atoms with Crippen LogP contribution in [0.4, 0.5) is 0 Å². The molecule has 0 saturated carbocycles. The molecule has 0 heterocycles. The van der Waals surface area contributed by atoms with Crippen LogP contribution in [0, 0.1) is 11.3 Å². The summed E-state index contributed by atoms with van der Waals surface area (Å²) in [6, 6.07) is 1.03. The highest BCUT2D eigenvalue weighted by Crippen LogP contribution is 1.99. The van der Waals surface area contributed by atoms with E-state index in [4.69, 9.17) is 16.1 Å². The Balaban J connectivity index is 3.32. The van der Waals surface area contributed by atoms with Gasteiger partial charge in [-0.2, -0.15) is 5.26 Å². The van der Waals surface area contributed by atoms with Gasteiger partial charge in [-0.1, -0.05) is 0 Å². The Bertz CT molecular complexity index is 154. The topological polar surface area (TPSA) is 87.1 Å². The van der Waals surface area contributed by atoms with Gasteiger partial charge in [0.1, 0.15) is 6.04 Å². The molecule has 3 N–H and O–H groups in total. The molecule has 0 fully saturated rings. The van der Waals surface area contributed by atoms with Gasteiger partial charge < -0.3 is 10.8 Å². The number of rotatable bonds is 4. The van der Waals surface area contributed by atoms with E-state index in [1.165, 1.54) is 11.8 Å². The Hall–Kier alpha value is -0.730. The Morgan fingerprint density at radius 2 is 2.50 bits per heavy atom. The number of nitrogens with two attached hydrogens (primary N) is 1. The Kier molecular flexibility index (Phi) is 4.72. The van der Waals surface area contributed by atoms with Crippen molar-refractivity contribution in [1.82, 2.24) is 0 Å². The lowest BCUT2D eigenvalue weighted by Crippen LogP contribution is -2.32. The number of thioether (sulfide) groups is 1. The molecule has 0 bridgehead atoms. The zero-order valence-electron chi connectivity index (χ0n) is 5.28. The summed E-state index contributed by atoms with van der Waals surface area (Å²) < 4.78 is 0. The summed E-state index contributed by atoms with van der Waals surface area (Å²) in [5.74, 6) is -0.436. The summed E-state index contributed by atoms with van der Waals surface area (Å²) in [7, 11) is 0. The van der Waals surface area contributed by atoms with Gasteiger partial charge in [0, 0.05) is 5.75 Å². The lowest BCUT2D eigenvalue weighted by molar-refractivity contribution is -0.137. The van der Waals surface area contributed by atoms with Crippen LogP contribution in [-0.2, 0) is 4.79 Å². The molecule has 0 aliphatic heterocycles. The van der Waals surface area contributed by atoms with Crippen LogP contribution >= 0.6 is 11.8 Å². The third-order valence-corrected chi connectivity index (χ3v) is 1.71. The van der Waals surface area contributed by atoms with E-state index in [0.717, 1.165) is 0 Å². The maximum atomic E-state index is 10.1. The smallest absolute Gasteiger partial charge is 0.321 e. The van der Waals surface area contributed by atoms with Crippen LogP contribution in [0.25, 0.3) is 0 Å². The maximum absolute atomic E-state index is 10.1. The molecule has 0 aliphatic rings. The minimum absolute atomic E-state index is 0.293. The van der Waals surface area contributed by atoms with E-state index >= 15 is 0 Å². The normalized spacial score (nSPS) is 12.0.